The minimum atomic E-state index is -0.941. The van der Waals surface area contributed by atoms with Gasteiger partial charge in [0.05, 0.1) is 23.3 Å². The summed E-state index contributed by atoms with van der Waals surface area (Å²) in [6.45, 7) is 1.40. The van der Waals surface area contributed by atoms with Crippen molar-refractivity contribution in [3.8, 4) is 5.69 Å². The van der Waals surface area contributed by atoms with Crippen LogP contribution >= 0.6 is 12.2 Å². The first-order valence-corrected chi connectivity index (χ1v) is 10.5. The number of methoxy groups -OCH3 is 1. The van der Waals surface area contributed by atoms with Crippen LogP contribution in [-0.4, -0.2) is 50.9 Å². The molecule has 2 atom stereocenters. The van der Waals surface area contributed by atoms with Crippen LogP contribution < -0.4 is 5.32 Å². The Labute approximate surface area is 186 Å². The van der Waals surface area contributed by atoms with Gasteiger partial charge < -0.3 is 24.6 Å². The maximum atomic E-state index is 11.2. The van der Waals surface area contributed by atoms with E-state index in [0.717, 1.165) is 30.0 Å². The number of benzene rings is 1. The summed E-state index contributed by atoms with van der Waals surface area (Å²) in [7, 11) is 1.70. The quantitative estimate of drug-likeness (QED) is 0.413. The molecule has 0 bridgehead atoms. The van der Waals surface area contributed by atoms with Crippen LogP contribution in [0.5, 0.6) is 0 Å². The summed E-state index contributed by atoms with van der Waals surface area (Å²) in [5.74, 6) is -0.941. The van der Waals surface area contributed by atoms with Crippen molar-refractivity contribution >= 4 is 23.3 Å². The smallest absolute Gasteiger partial charge is 0.335 e. The van der Waals surface area contributed by atoms with Gasteiger partial charge >= 0.3 is 5.97 Å². The highest BCUT2D eigenvalue weighted by molar-refractivity contribution is 7.80. The number of hydrogen-bond acceptors (Lipinski definition) is 4. The third-order valence-corrected chi connectivity index (χ3v) is 5.77. The molecule has 7 nitrogen and oxygen atoms in total. The fourth-order valence-electron chi connectivity index (χ4n) is 3.98. The number of aromatic nitrogens is 2. The number of carboxylic acids is 1. The predicted molar refractivity (Wildman–Crippen MR) is 121 cm³/mol. The van der Waals surface area contributed by atoms with Crippen LogP contribution in [0.3, 0.4) is 0 Å². The Morgan fingerprint density at radius 3 is 2.68 bits per heavy atom. The second-order valence-electron chi connectivity index (χ2n) is 7.32. The number of rotatable bonds is 8. The second-order valence-corrected chi connectivity index (χ2v) is 7.71. The van der Waals surface area contributed by atoms with E-state index in [1.807, 2.05) is 42.6 Å². The summed E-state index contributed by atoms with van der Waals surface area (Å²) in [6.07, 6.45) is 4.61. The summed E-state index contributed by atoms with van der Waals surface area (Å²) in [5, 5.41) is 13.3. The fourth-order valence-corrected chi connectivity index (χ4v) is 4.31. The molecule has 2 N–H and O–H groups in total. The van der Waals surface area contributed by atoms with Crippen LogP contribution in [0.25, 0.3) is 5.69 Å². The highest BCUT2D eigenvalue weighted by atomic mass is 32.1. The molecule has 3 heterocycles. The highest BCUT2D eigenvalue weighted by Crippen LogP contribution is 2.39. The zero-order chi connectivity index (χ0) is 21.8. The van der Waals surface area contributed by atoms with Gasteiger partial charge in [-0.2, -0.15) is 0 Å². The lowest BCUT2D eigenvalue weighted by molar-refractivity contribution is 0.0697. The van der Waals surface area contributed by atoms with Gasteiger partial charge in [0.25, 0.3) is 0 Å². The average Bonchev–Trinajstić information content (AvgIpc) is 3.39. The number of carboxylic acid groups (broad SMARTS) is 1. The molecule has 1 aliphatic rings. The molecule has 0 radical (unpaired) electrons. The number of ether oxygens (including phenoxy) is 1. The summed E-state index contributed by atoms with van der Waals surface area (Å²) in [5.41, 5.74) is 3.11. The van der Waals surface area contributed by atoms with Crippen molar-refractivity contribution in [2.24, 2.45) is 0 Å². The molecule has 160 valence electrons. The largest absolute Gasteiger partial charge is 0.478 e. The molecule has 0 saturated carbocycles. The van der Waals surface area contributed by atoms with Crippen molar-refractivity contribution in [1.29, 1.82) is 0 Å². The maximum Gasteiger partial charge on any atom is 0.335 e. The average molecular weight is 437 g/mol. The molecule has 1 fully saturated rings. The number of thiocarbonyl (C=S) groups is 1. The monoisotopic (exact) mass is 436 g/mol. The minimum Gasteiger partial charge on any atom is -0.478 e. The predicted octanol–water partition coefficient (Wildman–Crippen LogP) is 3.58. The summed E-state index contributed by atoms with van der Waals surface area (Å²) in [4.78, 5) is 18.0. The lowest BCUT2D eigenvalue weighted by Gasteiger charge is -2.29. The second kappa shape index (κ2) is 9.28. The molecule has 0 aliphatic carbocycles. The Morgan fingerprint density at radius 1 is 1.19 bits per heavy atom. The van der Waals surface area contributed by atoms with Gasteiger partial charge in [-0.3, -0.25) is 4.98 Å². The minimum absolute atomic E-state index is 0.0755. The third-order valence-electron chi connectivity index (χ3n) is 5.42. The van der Waals surface area contributed by atoms with E-state index in [-0.39, 0.29) is 17.6 Å². The Balaban J connectivity index is 1.74. The van der Waals surface area contributed by atoms with Crippen LogP contribution in [-0.2, 0) is 4.74 Å². The van der Waals surface area contributed by atoms with Gasteiger partial charge in [0, 0.05) is 44.0 Å². The summed E-state index contributed by atoms with van der Waals surface area (Å²) >= 11 is 5.70. The van der Waals surface area contributed by atoms with Crippen molar-refractivity contribution < 1.29 is 14.6 Å². The van der Waals surface area contributed by atoms with Crippen LogP contribution in [0.4, 0.5) is 0 Å². The molecule has 4 rings (SSSR count). The van der Waals surface area contributed by atoms with Gasteiger partial charge in [0.15, 0.2) is 5.11 Å². The summed E-state index contributed by atoms with van der Waals surface area (Å²) in [6, 6.07) is 16.6. The molecule has 0 spiro atoms. The van der Waals surface area contributed by atoms with E-state index < -0.39 is 5.97 Å². The van der Waals surface area contributed by atoms with Gasteiger partial charge in [-0.15, -0.1) is 0 Å². The number of aromatic carboxylic acids is 1. The van der Waals surface area contributed by atoms with E-state index in [1.165, 1.54) is 0 Å². The van der Waals surface area contributed by atoms with Crippen molar-refractivity contribution in [3.63, 3.8) is 0 Å². The van der Waals surface area contributed by atoms with Crippen LogP contribution in [0.2, 0.25) is 0 Å². The number of pyridine rings is 1. The first-order chi connectivity index (χ1) is 15.1. The van der Waals surface area contributed by atoms with E-state index in [4.69, 9.17) is 17.0 Å². The molecule has 31 heavy (non-hydrogen) atoms. The topological polar surface area (TPSA) is 79.6 Å². The number of carbonyl (C=O) groups is 1. The standard InChI is InChI=1S/C23H24N4O3S/c1-30-15-5-14-27-21(20(25-23(27)31)18-6-2-3-12-24-18)19-7-4-13-26(19)17-10-8-16(9-11-17)22(28)29/h2-4,6-13,20-21H,5,14-15H2,1H3,(H,25,31)(H,28,29)/t20-,21-/m0/s1. The molecule has 2 aromatic heterocycles. The Hall–Kier alpha value is -3.23. The van der Waals surface area contributed by atoms with E-state index in [1.54, 1.807) is 25.4 Å². The molecule has 3 aromatic rings. The van der Waals surface area contributed by atoms with Crippen LogP contribution in [0.15, 0.2) is 67.0 Å². The lowest BCUT2D eigenvalue weighted by Crippen LogP contribution is -2.32. The van der Waals surface area contributed by atoms with E-state index in [9.17, 15) is 9.90 Å². The van der Waals surface area contributed by atoms with Crippen molar-refractivity contribution in [2.45, 2.75) is 18.5 Å². The molecule has 1 aliphatic heterocycles. The number of nitrogens with one attached hydrogen (secondary N) is 1. The first kappa shape index (κ1) is 21.0. The van der Waals surface area contributed by atoms with Crippen LogP contribution in [0.1, 0.15) is 40.3 Å². The van der Waals surface area contributed by atoms with Crippen molar-refractivity contribution in [3.05, 3.63) is 83.9 Å². The first-order valence-electron chi connectivity index (χ1n) is 10.1. The molecule has 1 aromatic carbocycles. The molecular formula is C23H24N4O3S. The van der Waals surface area contributed by atoms with Crippen molar-refractivity contribution in [1.82, 2.24) is 19.8 Å². The van der Waals surface area contributed by atoms with E-state index in [0.29, 0.717) is 11.7 Å². The van der Waals surface area contributed by atoms with Gasteiger partial charge in [-0.25, -0.2) is 4.79 Å². The van der Waals surface area contributed by atoms with Crippen molar-refractivity contribution in [2.75, 3.05) is 20.3 Å². The SMILES string of the molecule is COCCCN1C(=S)N[C@@H](c2ccccn2)[C@@H]1c1cccn1-c1ccc(C(=O)O)cc1. The van der Waals surface area contributed by atoms with E-state index in [2.05, 4.69) is 25.8 Å². The van der Waals surface area contributed by atoms with Gasteiger partial charge in [0.1, 0.15) is 0 Å². The highest BCUT2D eigenvalue weighted by Gasteiger charge is 2.40. The Bertz CT molecular complexity index is 1050. The maximum absolute atomic E-state index is 11.2. The van der Waals surface area contributed by atoms with Gasteiger partial charge in [0.2, 0.25) is 0 Å². The van der Waals surface area contributed by atoms with Crippen LogP contribution in [0, 0.1) is 0 Å². The lowest BCUT2D eigenvalue weighted by atomic mass is 10.0. The number of nitrogens with zero attached hydrogens (tertiary/aromatic N) is 3. The Kier molecular flexibility index (Phi) is 6.29. The zero-order valence-corrected chi connectivity index (χ0v) is 18.0. The third kappa shape index (κ3) is 4.30. The molecule has 8 heteroatoms. The van der Waals surface area contributed by atoms with Gasteiger partial charge in [-0.05, 0) is 67.2 Å². The zero-order valence-electron chi connectivity index (χ0n) is 17.1. The molecular weight excluding hydrogens is 412 g/mol. The fraction of sp³-hybridized carbons (Fsp3) is 0.261. The normalized spacial score (nSPS) is 18.2. The molecule has 0 unspecified atom stereocenters. The Morgan fingerprint density at radius 2 is 2.00 bits per heavy atom. The van der Waals surface area contributed by atoms with Gasteiger partial charge in [-0.1, -0.05) is 6.07 Å². The molecule has 0 amide bonds. The molecule has 1 saturated heterocycles. The number of hydrogen-bond donors (Lipinski definition) is 2. The summed E-state index contributed by atoms with van der Waals surface area (Å²) < 4.78 is 7.32. The van der Waals surface area contributed by atoms with E-state index >= 15 is 0 Å².